The lowest BCUT2D eigenvalue weighted by molar-refractivity contribution is 0.0232. The van der Waals surface area contributed by atoms with E-state index in [1.807, 2.05) is 42.9 Å². The van der Waals surface area contributed by atoms with Gasteiger partial charge in [0.2, 0.25) is 5.95 Å². The fraction of sp³-hybridized carbons (Fsp3) is 0.308. The van der Waals surface area contributed by atoms with Crippen molar-refractivity contribution in [2.24, 2.45) is 7.05 Å². The third-order valence-electron chi connectivity index (χ3n) is 5.56. The minimum Gasteiger partial charge on any atom is -0.443 e. The van der Waals surface area contributed by atoms with Crippen molar-refractivity contribution in [1.82, 2.24) is 19.4 Å². The number of carbonyl (C=O) groups is 2. The van der Waals surface area contributed by atoms with Gasteiger partial charge in [0.1, 0.15) is 11.3 Å². The molecule has 1 aromatic carbocycles. The highest BCUT2D eigenvalue weighted by Gasteiger charge is 2.35. The molecule has 0 aliphatic carbocycles. The van der Waals surface area contributed by atoms with E-state index in [1.54, 1.807) is 33.0 Å². The van der Waals surface area contributed by atoms with E-state index in [9.17, 15) is 9.59 Å². The summed E-state index contributed by atoms with van der Waals surface area (Å²) in [4.78, 5) is 35.4. The van der Waals surface area contributed by atoms with E-state index >= 15 is 0 Å². The highest BCUT2D eigenvalue weighted by atomic mass is 16.6. The first-order chi connectivity index (χ1) is 16.6. The first kappa shape index (κ1) is 23.8. The van der Waals surface area contributed by atoms with Crippen LogP contribution >= 0.6 is 0 Å². The number of hydrogen-bond donors (Lipinski definition) is 2. The number of nitrogens with two attached hydrogens (primary N) is 1. The summed E-state index contributed by atoms with van der Waals surface area (Å²) in [7, 11) is 3.71. The van der Waals surface area contributed by atoms with Crippen molar-refractivity contribution >= 4 is 23.6 Å². The smallest absolute Gasteiger partial charge is 0.417 e. The summed E-state index contributed by atoms with van der Waals surface area (Å²) in [5.74, 6) is 5.98. The third kappa shape index (κ3) is 4.96. The Morgan fingerprint density at radius 3 is 2.71 bits per heavy atom. The molecular weight excluding hydrogens is 444 g/mol. The van der Waals surface area contributed by atoms with E-state index in [2.05, 4.69) is 27.1 Å². The molecule has 0 saturated heterocycles. The van der Waals surface area contributed by atoms with Crippen molar-refractivity contribution in [3.63, 3.8) is 0 Å². The highest BCUT2D eigenvalue weighted by Crippen LogP contribution is 2.30. The van der Waals surface area contributed by atoms with Crippen molar-refractivity contribution in [3.05, 3.63) is 58.9 Å². The van der Waals surface area contributed by atoms with Crippen LogP contribution in [0.25, 0.3) is 11.4 Å². The summed E-state index contributed by atoms with van der Waals surface area (Å²) in [6, 6.07) is 9.45. The van der Waals surface area contributed by atoms with E-state index in [-0.39, 0.29) is 12.5 Å². The Labute approximate surface area is 204 Å². The van der Waals surface area contributed by atoms with Gasteiger partial charge in [-0.25, -0.2) is 19.7 Å². The molecule has 1 aliphatic heterocycles. The Hall–Kier alpha value is -4.32. The Bertz CT molecular complexity index is 1370. The monoisotopic (exact) mass is 472 g/mol. The van der Waals surface area contributed by atoms with Crippen LogP contribution < -0.4 is 11.1 Å². The second-order valence-corrected chi connectivity index (χ2v) is 9.21. The number of fused-ring (bicyclic) bond motifs is 1. The van der Waals surface area contributed by atoms with E-state index < -0.39 is 17.6 Å². The van der Waals surface area contributed by atoms with Crippen LogP contribution in [0.1, 0.15) is 48.0 Å². The Morgan fingerprint density at radius 1 is 1.23 bits per heavy atom. The standard InChI is InChI=1S/C26H28N6O3/c1-26(2,3)35-25(34)32-12-11-20-19(23(32)33)14-21(31(20)5)22-17(15-29-24(27)30-22)10-9-16-7-6-8-18(13-16)28-4/h6-8,13-15,28H,11-12H2,1-5H3,(H2,27,29,30). The first-order valence-corrected chi connectivity index (χ1v) is 11.2. The Morgan fingerprint density at radius 2 is 2.00 bits per heavy atom. The molecule has 3 N–H and O–H groups in total. The average Bonchev–Trinajstić information content (AvgIpc) is 3.14. The van der Waals surface area contributed by atoms with Crippen molar-refractivity contribution < 1.29 is 14.3 Å². The number of nitrogen functional groups attached to an aromatic ring is 1. The lowest BCUT2D eigenvalue weighted by atomic mass is 10.1. The number of amides is 2. The van der Waals surface area contributed by atoms with Gasteiger partial charge in [0.25, 0.3) is 5.91 Å². The zero-order chi connectivity index (χ0) is 25.3. The van der Waals surface area contributed by atoms with E-state index in [0.29, 0.717) is 28.9 Å². The van der Waals surface area contributed by atoms with Crippen LogP contribution in [0.2, 0.25) is 0 Å². The number of rotatable bonds is 2. The van der Waals surface area contributed by atoms with Gasteiger partial charge in [-0.3, -0.25) is 4.79 Å². The van der Waals surface area contributed by atoms with Gasteiger partial charge in [0.15, 0.2) is 0 Å². The maximum absolute atomic E-state index is 13.2. The molecule has 180 valence electrons. The first-order valence-electron chi connectivity index (χ1n) is 11.2. The van der Waals surface area contributed by atoms with Crippen LogP contribution in [-0.2, 0) is 18.2 Å². The summed E-state index contributed by atoms with van der Waals surface area (Å²) in [6.07, 6.45) is 1.42. The van der Waals surface area contributed by atoms with Gasteiger partial charge in [-0.05, 0) is 45.0 Å². The molecule has 9 heteroatoms. The molecule has 9 nitrogen and oxygen atoms in total. The maximum Gasteiger partial charge on any atom is 0.417 e. The van der Waals surface area contributed by atoms with Crippen LogP contribution in [0.4, 0.5) is 16.4 Å². The Balaban J connectivity index is 1.72. The molecule has 2 aromatic heterocycles. The van der Waals surface area contributed by atoms with Gasteiger partial charge in [-0.15, -0.1) is 0 Å². The molecule has 0 bridgehead atoms. The zero-order valence-corrected chi connectivity index (χ0v) is 20.5. The lowest BCUT2D eigenvalue weighted by Gasteiger charge is -2.28. The molecule has 1 aliphatic rings. The fourth-order valence-electron chi connectivity index (χ4n) is 3.89. The number of hydrogen-bond acceptors (Lipinski definition) is 7. The molecule has 2 amide bonds. The maximum atomic E-state index is 13.2. The van der Waals surface area contributed by atoms with Crippen LogP contribution in [-0.4, -0.2) is 50.6 Å². The van der Waals surface area contributed by atoms with Gasteiger partial charge in [0, 0.05) is 50.2 Å². The number of aromatic nitrogens is 3. The summed E-state index contributed by atoms with van der Waals surface area (Å²) in [5, 5.41) is 3.09. The number of carbonyl (C=O) groups excluding carboxylic acids is 2. The summed E-state index contributed by atoms with van der Waals surface area (Å²) >= 11 is 0. The van der Waals surface area contributed by atoms with Crippen molar-refractivity contribution in [1.29, 1.82) is 0 Å². The molecular formula is C26H28N6O3. The van der Waals surface area contributed by atoms with E-state index in [0.717, 1.165) is 21.8 Å². The number of benzene rings is 1. The molecule has 3 aromatic rings. The van der Waals surface area contributed by atoms with Gasteiger partial charge in [0.05, 0.1) is 16.8 Å². The van der Waals surface area contributed by atoms with Gasteiger partial charge >= 0.3 is 6.09 Å². The number of anilines is 2. The number of ether oxygens (including phenoxy) is 1. The van der Waals surface area contributed by atoms with Gasteiger partial charge in [-0.1, -0.05) is 17.9 Å². The molecule has 35 heavy (non-hydrogen) atoms. The molecule has 3 heterocycles. The summed E-state index contributed by atoms with van der Waals surface area (Å²) in [6.45, 7) is 5.53. The van der Waals surface area contributed by atoms with Crippen LogP contribution in [0.15, 0.2) is 36.5 Å². The molecule has 0 radical (unpaired) electrons. The quantitative estimate of drug-likeness (QED) is 0.549. The molecule has 0 atom stereocenters. The predicted molar refractivity (Wildman–Crippen MR) is 134 cm³/mol. The van der Waals surface area contributed by atoms with Crippen LogP contribution in [0, 0.1) is 11.8 Å². The molecule has 0 fully saturated rings. The molecule has 0 saturated carbocycles. The highest BCUT2D eigenvalue weighted by molar-refractivity contribution is 6.05. The van der Waals surface area contributed by atoms with Gasteiger partial charge < -0.3 is 20.4 Å². The van der Waals surface area contributed by atoms with Crippen molar-refractivity contribution in [3.8, 4) is 23.2 Å². The number of nitrogens with zero attached hydrogens (tertiary/aromatic N) is 4. The minimum atomic E-state index is -0.696. The second-order valence-electron chi connectivity index (χ2n) is 9.21. The largest absolute Gasteiger partial charge is 0.443 e. The topological polar surface area (TPSA) is 115 Å². The summed E-state index contributed by atoms with van der Waals surface area (Å²) in [5.41, 5.74) is 9.98. The van der Waals surface area contributed by atoms with Crippen LogP contribution in [0.5, 0.6) is 0 Å². The molecule has 0 unspecified atom stereocenters. The van der Waals surface area contributed by atoms with Gasteiger partial charge in [-0.2, -0.15) is 0 Å². The predicted octanol–water partition coefficient (Wildman–Crippen LogP) is 3.44. The lowest BCUT2D eigenvalue weighted by Crippen LogP contribution is -2.44. The number of nitrogens with one attached hydrogen (secondary N) is 1. The average molecular weight is 473 g/mol. The minimum absolute atomic E-state index is 0.101. The zero-order valence-electron chi connectivity index (χ0n) is 20.5. The van der Waals surface area contributed by atoms with Crippen molar-refractivity contribution in [2.45, 2.75) is 32.8 Å². The van der Waals surface area contributed by atoms with E-state index in [1.165, 1.54) is 0 Å². The normalized spacial score (nSPS) is 13.1. The molecule has 4 rings (SSSR count). The van der Waals surface area contributed by atoms with Crippen LogP contribution in [0.3, 0.4) is 0 Å². The SMILES string of the molecule is CNc1cccc(C#Cc2cnc(N)nc2-c2cc3c(n2C)CCN(C(=O)OC(C)(C)C)C3=O)c1. The molecule has 0 spiro atoms. The van der Waals surface area contributed by atoms with Crippen molar-refractivity contribution in [2.75, 3.05) is 24.6 Å². The van der Waals surface area contributed by atoms with E-state index in [4.69, 9.17) is 10.5 Å². The second kappa shape index (κ2) is 9.14. The third-order valence-corrected chi connectivity index (χ3v) is 5.56. The number of imide groups is 1. The summed E-state index contributed by atoms with van der Waals surface area (Å²) < 4.78 is 7.31. The fourth-order valence-corrected chi connectivity index (χ4v) is 3.89. The Kier molecular flexibility index (Phi) is 6.22.